The van der Waals surface area contributed by atoms with Crippen molar-refractivity contribution in [2.45, 2.75) is 24.9 Å². The monoisotopic (exact) mass is 317 g/mol. The fraction of sp³-hybridized carbons (Fsp3) is 0.250. The highest BCUT2D eigenvalue weighted by Gasteiger charge is 2.28. The molecule has 19 heavy (non-hydrogen) atoms. The summed E-state index contributed by atoms with van der Waals surface area (Å²) in [5.74, 6) is 0.449. The molecular weight excluding hydrogens is 302 g/mol. The van der Waals surface area contributed by atoms with Crippen LogP contribution in [0.25, 0.3) is 0 Å². The van der Waals surface area contributed by atoms with Gasteiger partial charge in [0.15, 0.2) is 0 Å². The van der Waals surface area contributed by atoms with Crippen LogP contribution in [-0.4, -0.2) is 5.11 Å². The van der Waals surface area contributed by atoms with E-state index in [1.807, 2.05) is 18.2 Å². The lowest BCUT2D eigenvalue weighted by molar-refractivity contribution is 0.154. The maximum absolute atomic E-state index is 10.4. The van der Waals surface area contributed by atoms with Crippen LogP contribution in [0.1, 0.15) is 35.1 Å². The van der Waals surface area contributed by atoms with Crippen molar-refractivity contribution in [3.63, 3.8) is 0 Å². The molecule has 2 aromatic rings. The lowest BCUT2D eigenvalue weighted by Crippen LogP contribution is -2.19. The third kappa shape index (κ3) is 2.40. The normalized spacial score (nSPS) is 18.5. The number of hydrogen-bond donors (Lipinski definition) is 2. The van der Waals surface area contributed by atoms with E-state index in [0.717, 1.165) is 22.9 Å². The molecular formula is C16H16BrNO. The maximum atomic E-state index is 10.4. The third-order valence-electron chi connectivity index (χ3n) is 3.88. The third-order valence-corrected chi connectivity index (χ3v) is 4.37. The Morgan fingerprint density at radius 2 is 2.05 bits per heavy atom. The zero-order chi connectivity index (χ0) is 13.4. The number of fused-ring (bicyclic) bond motifs is 1. The number of aliphatic hydroxyl groups excluding tert-OH is 1. The zero-order valence-electron chi connectivity index (χ0n) is 10.5. The molecule has 2 aromatic carbocycles. The van der Waals surface area contributed by atoms with Gasteiger partial charge < -0.3 is 10.8 Å². The first-order chi connectivity index (χ1) is 9.15. The number of aliphatic hydroxyl groups is 1. The molecule has 2 unspecified atom stereocenters. The highest BCUT2D eigenvalue weighted by molar-refractivity contribution is 9.10. The van der Waals surface area contributed by atoms with E-state index in [4.69, 9.17) is 5.73 Å². The van der Waals surface area contributed by atoms with E-state index in [2.05, 4.69) is 40.2 Å². The van der Waals surface area contributed by atoms with E-state index < -0.39 is 6.10 Å². The molecule has 0 fully saturated rings. The van der Waals surface area contributed by atoms with Crippen LogP contribution in [0.4, 0.5) is 5.69 Å². The Labute approximate surface area is 121 Å². The molecule has 0 aliphatic heterocycles. The SMILES string of the molecule is Nc1ccc(Br)cc1C(O)CC1Cc2ccccc21. The van der Waals surface area contributed by atoms with E-state index in [1.54, 1.807) is 0 Å². The van der Waals surface area contributed by atoms with Gasteiger partial charge in [-0.1, -0.05) is 40.2 Å². The minimum atomic E-state index is -0.504. The van der Waals surface area contributed by atoms with Crippen molar-refractivity contribution in [3.05, 3.63) is 63.6 Å². The summed E-state index contributed by atoms with van der Waals surface area (Å²) in [6.07, 6.45) is 1.29. The van der Waals surface area contributed by atoms with Crippen LogP contribution in [0, 0.1) is 0 Å². The van der Waals surface area contributed by atoms with Crippen molar-refractivity contribution >= 4 is 21.6 Å². The molecule has 0 radical (unpaired) electrons. The highest BCUT2D eigenvalue weighted by Crippen LogP contribution is 2.41. The van der Waals surface area contributed by atoms with Crippen LogP contribution in [0.5, 0.6) is 0 Å². The quantitative estimate of drug-likeness (QED) is 0.846. The van der Waals surface area contributed by atoms with Crippen LogP contribution in [0.2, 0.25) is 0 Å². The second-order valence-electron chi connectivity index (χ2n) is 5.12. The van der Waals surface area contributed by atoms with E-state index in [1.165, 1.54) is 11.1 Å². The summed E-state index contributed by atoms with van der Waals surface area (Å²) in [7, 11) is 0. The average molecular weight is 318 g/mol. The first kappa shape index (κ1) is 12.7. The number of nitrogens with two attached hydrogens (primary N) is 1. The molecule has 3 heteroatoms. The molecule has 1 aliphatic rings. The molecule has 0 amide bonds. The molecule has 2 nitrogen and oxygen atoms in total. The summed E-state index contributed by atoms with van der Waals surface area (Å²) in [4.78, 5) is 0. The molecule has 2 atom stereocenters. The van der Waals surface area contributed by atoms with Crippen molar-refractivity contribution in [1.29, 1.82) is 0 Å². The van der Waals surface area contributed by atoms with Crippen molar-refractivity contribution in [2.24, 2.45) is 0 Å². The first-order valence-electron chi connectivity index (χ1n) is 6.46. The van der Waals surface area contributed by atoms with Crippen LogP contribution in [-0.2, 0) is 6.42 Å². The van der Waals surface area contributed by atoms with E-state index in [0.29, 0.717) is 11.6 Å². The van der Waals surface area contributed by atoms with Crippen LogP contribution >= 0.6 is 15.9 Å². The summed E-state index contributed by atoms with van der Waals surface area (Å²) in [5, 5.41) is 10.4. The number of benzene rings is 2. The van der Waals surface area contributed by atoms with Crippen molar-refractivity contribution in [1.82, 2.24) is 0 Å². The standard InChI is InChI=1S/C16H16BrNO/c17-12-5-6-15(18)14(9-12)16(19)8-11-7-10-3-1-2-4-13(10)11/h1-6,9,11,16,19H,7-8,18H2. The van der Waals surface area contributed by atoms with E-state index in [9.17, 15) is 5.11 Å². The van der Waals surface area contributed by atoms with Gasteiger partial charge >= 0.3 is 0 Å². The fourth-order valence-electron chi connectivity index (χ4n) is 2.80. The van der Waals surface area contributed by atoms with Crippen molar-refractivity contribution in [3.8, 4) is 0 Å². The summed E-state index contributed by atoms with van der Waals surface area (Å²) in [6.45, 7) is 0. The van der Waals surface area contributed by atoms with Gasteiger partial charge in [-0.15, -0.1) is 0 Å². The summed E-state index contributed by atoms with van der Waals surface area (Å²) < 4.78 is 0.949. The number of rotatable bonds is 3. The van der Waals surface area contributed by atoms with Gasteiger partial charge in [0.1, 0.15) is 0 Å². The predicted molar refractivity (Wildman–Crippen MR) is 81.0 cm³/mol. The van der Waals surface area contributed by atoms with Crippen LogP contribution in [0.3, 0.4) is 0 Å². The summed E-state index contributed by atoms with van der Waals surface area (Å²) >= 11 is 3.42. The number of anilines is 1. The Hall–Kier alpha value is -1.32. The molecule has 0 bridgehead atoms. The topological polar surface area (TPSA) is 46.2 Å². The molecule has 0 aromatic heterocycles. The highest BCUT2D eigenvalue weighted by atomic mass is 79.9. The van der Waals surface area contributed by atoms with Gasteiger partial charge in [0.05, 0.1) is 6.10 Å². The molecule has 3 rings (SSSR count). The Morgan fingerprint density at radius 3 is 2.84 bits per heavy atom. The van der Waals surface area contributed by atoms with Gasteiger partial charge in [-0.3, -0.25) is 0 Å². The smallest absolute Gasteiger partial charge is 0.0816 e. The second-order valence-corrected chi connectivity index (χ2v) is 6.04. The van der Waals surface area contributed by atoms with Gasteiger partial charge in [0, 0.05) is 15.7 Å². The Kier molecular flexibility index (Phi) is 3.33. The Balaban J connectivity index is 1.76. The molecule has 98 valence electrons. The molecule has 3 N–H and O–H groups in total. The minimum absolute atomic E-state index is 0.449. The summed E-state index contributed by atoms with van der Waals surface area (Å²) in [6, 6.07) is 14.1. The van der Waals surface area contributed by atoms with Gasteiger partial charge in [0.2, 0.25) is 0 Å². The van der Waals surface area contributed by atoms with Crippen LogP contribution in [0.15, 0.2) is 46.9 Å². The Bertz CT molecular complexity index is 611. The first-order valence-corrected chi connectivity index (χ1v) is 7.25. The van der Waals surface area contributed by atoms with Gasteiger partial charge in [-0.05, 0) is 48.1 Å². The van der Waals surface area contributed by atoms with Crippen molar-refractivity contribution in [2.75, 3.05) is 5.73 Å². The maximum Gasteiger partial charge on any atom is 0.0816 e. The number of nitrogen functional groups attached to an aromatic ring is 1. The summed E-state index contributed by atoms with van der Waals surface area (Å²) in [5.41, 5.74) is 10.2. The van der Waals surface area contributed by atoms with E-state index >= 15 is 0 Å². The molecule has 0 saturated carbocycles. The molecule has 0 spiro atoms. The predicted octanol–water partition coefficient (Wildman–Crippen LogP) is 3.79. The second kappa shape index (κ2) is 4.99. The largest absolute Gasteiger partial charge is 0.398 e. The van der Waals surface area contributed by atoms with Crippen molar-refractivity contribution < 1.29 is 5.11 Å². The Morgan fingerprint density at radius 1 is 1.26 bits per heavy atom. The van der Waals surface area contributed by atoms with Gasteiger partial charge in [0.25, 0.3) is 0 Å². The fourth-order valence-corrected chi connectivity index (χ4v) is 3.18. The lowest BCUT2D eigenvalue weighted by Gasteiger charge is -2.32. The lowest BCUT2D eigenvalue weighted by atomic mass is 9.74. The number of halogens is 1. The molecule has 1 aliphatic carbocycles. The zero-order valence-corrected chi connectivity index (χ0v) is 12.1. The van der Waals surface area contributed by atoms with Gasteiger partial charge in [-0.25, -0.2) is 0 Å². The minimum Gasteiger partial charge on any atom is -0.398 e. The van der Waals surface area contributed by atoms with E-state index in [-0.39, 0.29) is 0 Å². The van der Waals surface area contributed by atoms with Gasteiger partial charge in [-0.2, -0.15) is 0 Å². The van der Waals surface area contributed by atoms with Crippen LogP contribution < -0.4 is 5.73 Å². The average Bonchev–Trinajstić information content (AvgIpc) is 2.38. The molecule has 0 heterocycles. The molecule has 0 saturated heterocycles. The number of hydrogen-bond acceptors (Lipinski definition) is 2.